The Morgan fingerprint density at radius 2 is 2.07 bits per heavy atom. The molecule has 0 bridgehead atoms. The highest BCUT2D eigenvalue weighted by atomic mass is 16.5. The SMILES string of the molecule is CN=C(NCc1nccc2ccccc12)N1CCN(CC2CCOC2)CC1. The third kappa shape index (κ3) is 4.39. The van der Waals surface area contributed by atoms with Crippen molar-refractivity contribution in [2.24, 2.45) is 10.9 Å². The van der Waals surface area contributed by atoms with Gasteiger partial charge in [0.15, 0.2) is 5.96 Å². The van der Waals surface area contributed by atoms with E-state index in [1.165, 1.54) is 23.7 Å². The van der Waals surface area contributed by atoms with Gasteiger partial charge in [0.25, 0.3) is 0 Å². The molecule has 1 unspecified atom stereocenters. The van der Waals surface area contributed by atoms with E-state index in [1.54, 1.807) is 0 Å². The van der Waals surface area contributed by atoms with Gasteiger partial charge >= 0.3 is 0 Å². The summed E-state index contributed by atoms with van der Waals surface area (Å²) in [4.78, 5) is 14.0. The van der Waals surface area contributed by atoms with Gasteiger partial charge in [-0.3, -0.25) is 14.9 Å². The molecule has 0 saturated carbocycles. The van der Waals surface area contributed by atoms with Crippen LogP contribution in [-0.4, -0.2) is 73.7 Å². The number of hydrogen-bond donors (Lipinski definition) is 1. The van der Waals surface area contributed by atoms with Gasteiger partial charge in [-0.15, -0.1) is 0 Å². The molecule has 1 atom stereocenters. The van der Waals surface area contributed by atoms with Gasteiger partial charge in [-0.2, -0.15) is 0 Å². The highest BCUT2D eigenvalue weighted by molar-refractivity contribution is 5.85. The quantitative estimate of drug-likeness (QED) is 0.661. The van der Waals surface area contributed by atoms with Crippen molar-refractivity contribution in [1.29, 1.82) is 0 Å². The highest BCUT2D eigenvalue weighted by Crippen LogP contribution is 2.17. The summed E-state index contributed by atoms with van der Waals surface area (Å²) in [6.45, 7) is 7.91. The van der Waals surface area contributed by atoms with Crippen molar-refractivity contribution in [1.82, 2.24) is 20.1 Å². The second kappa shape index (κ2) is 8.67. The minimum absolute atomic E-state index is 0.688. The molecule has 2 fully saturated rings. The third-order valence-corrected chi connectivity index (χ3v) is 5.59. The van der Waals surface area contributed by atoms with E-state index >= 15 is 0 Å². The monoisotopic (exact) mass is 367 g/mol. The van der Waals surface area contributed by atoms with Crippen molar-refractivity contribution in [2.45, 2.75) is 13.0 Å². The number of rotatable bonds is 4. The average Bonchev–Trinajstić information content (AvgIpc) is 3.23. The standard InChI is InChI=1S/C21H29N5O/c1-22-21(24-14-20-19-5-3-2-4-18(19)6-8-23-20)26-11-9-25(10-12-26)15-17-7-13-27-16-17/h2-6,8,17H,7,9-16H2,1H3,(H,22,24). The molecule has 144 valence electrons. The number of piperazine rings is 1. The molecule has 3 heterocycles. The van der Waals surface area contributed by atoms with E-state index in [4.69, 9.17) is 4.74 Å². The smallest absolute Gasteiger partial charge is 0.194 e. The first-order valence-corrected chi connectivity index (χ1v) is 9.92. The van der Waals surface area contributed by atoms with Gasteiger partial charge in [0, 0.05) is 58.0 Å². The van der Waals surface area contributed by atoms with Crippen LogP contribution < -0.4 is 5.32 Å². The molecule has 0 amide bonds. The van der Waals surface area contributed by atoms with Crippen LogP contribution in [-0.2, 0) is 11.3 Å². The summed E-state index contributed by atoms with van der Waals surface area (Å²) in [7, 11) is 1.86. The number of ether oxygens (including phenoxy) is 1. The molecule has 1 N–H and O–H groups in total. The van der Waals surface area contributed by atoms with Crippen LogP contribution in [0.3, 0.4) is 0 Å². The fraction of sp³-hybridized carbons (Fsp3) is 0.524. The molecular weight excluding hydrogens is 338 g/mol. The van der Waals surface area contributed by atoms with Crippen molar-refractivity contribution < 1.29 is 4.74 Å². The Labute approximate surface area is 161 Å². The third-order valence-electron chi connectivity index (χ3n) is 5.59. The Balaban J connectivity index is 1.32. The Morgan fingerprint density at radius 3 is 2.85 bits per heavy atom. The fourth-order valence-corrected chi connectivity index (χ4v) is 4.05. The Hall–Kier alpha value is -2.18. The van der Waals surface area contributed by atoms with Crippen molar-refractivity contribution in [3.63, 3.8) is 0 Å². The predicted octanol–water partition coefficient (Wildman–Crippen LogP) is 1.96. The van der Waals surface area contributed by atoms with E-state index in [0.717, 1.165) is 51.0 Å². The maximum Gasteiger partial charge on any atom is 0.194 e. The maximum atomic E-state index is 5.51. The second-order valence-corrected chi connectivity index (χ2v) is 7.40. The number of aliphatic imine (C=N–C) groups is 1. The molecule has 0 spiro atoms. The molecule has 0 aliphatic carbocycles. The summed E-state index contributed by atoms with van der Waals surface area (Å²) in [6.07, 6.45) is 3.09. The lowest BCUT2D eigenvalue weighted by molar-refractivity contribution is 0.139. The summed E-state index contributed by atoms with van der Waals surface area (Å²) < 4.78 is 5.51. The molecule has 2 saturated heterocycles. The van der Waals surface area contributed by atoms with Crippen LogP contribution in [0.4, 0.5) is 0 Å². The number of fused-ring (bicyclic) bond motifs is 1. The van der Waals surface area contributed by atoms with Crippen LogP contribution >= 0.6 is 0 Å². The molecule has 2 aliphatic rings. The van der Waals surface area contributed by atoms with Crippen molar-refractivity contribution in [3.8, 4) is 0 Å². The number of guanidine groups is 1. The first-order valence-electron chi connectivity index (χ1n) is 9.92. The maximum absolute atomic E-state index is 5.51. The van der Waals surface area contributed by atoms with Crippen molar-refractivity contribution >= 4 is 16.7 Å². The van der Waals surface area contributed by atoms with Gasteiger partial charge in [0.1, 0.15) is 0 Å². The summed E-state index contributed by atoms with van der Waals surface area (Å²) in [5.74, 6) is 1.68. The van der Waals surface area contributed by atoms with E-state index in [-0.39, 0.29) is 0 Å². The highest BCUT2D eigenvalue weighted by Gasteiger charge is 2.24. The molecule has 6 heteroatoms. The van der Waals surface area contributed by atoms with Gasteiger partial charge in [0.05, 0.1) is 18.8 Å². The molecule has 0 radical (unpaired) electrons. The molecule has 2 aliphatic heterocycles. The summed E-state index contributed by atoms with van der Waals surface area (Å²) in [5, 5.41) is 5.94. The van der Waals surface area contributed by atoms with Crippen LogP contribution in [0.25, 0.3) is 10.8 Å². The number of benzene rings is 1. The topological polar surface area (TPSA) is 53.0 Å². The molecule has 27 heavy (non-hydrogen) atoms. The lowest BCUT2D eigenvalue weighted by Gasteiger charge is -2.37. The minimum atomic E-state index is 0.688. The molecule has 1 aromatic heterocycles. The molecule has 6 nitrogen and oxygen atoms in total. The van der Waals surface area contributed by atoms with E-state index in [2.05, 4.69) is 55.4 Å². The van der Waals surface area contributed by atoms with E-state index in [0.29, 0.717) is 12.5 Å². The zero-order chi connectivity index (χ0) is 18.5. The first-order chi connectivity index (χ1) is 13.3. The summed E-state index contributed by atoms with van der Waals surface area (Å²) in [5.41, 5.74) is 1.06. The largest absolute Gasteiger partial charge is 0.381 e. The summed E-state index contributed by atoms with van der Waals surface area (Å²) in [6, 6.07) is 10.5. The van der Waals surface area contributed by atoms with Crippen LogP contribution in [0, 0.1) is 5.92 Å². The Bertz CT molecular complexity index is 774. The molecule has 2 aromatic rings. The Kier molecular flexibility index (Phi) is 5.84. The van der Waals surface area contributed by atoms with Gasteiger partial charge in [-0.25, -0.2) is 0 Å². The van der Waals surface area contributed by atoms with Gasteiger partial charge < -0.3 is 15.0 Å². The predicted molar refractivity (Wildman–Crippen MR) is 109 cm³/mol. The van der Waals surface area contributed by atoms with Crippen LogP contribution in [0.2, 0.25) is 0 Å². The lowest BCUT2D eigenvalue weighted by Crippen LogP contribution is -2.53. The van der Waals surface area contributed by atoms with Crippen LogP contribution in [0.15, 0.2) is 41.5 Å². The normalized spacial score (nSPS) is 21.7. The minimum Gasteiger partial charge on any atom is -0.381 e. The Morgan fingerprint density at radius 1 is 1.22 bits per heavy atom. The van der Waals surface area contributed by atoms with Crippen LogP contribution in [0.1, 0.15) is 12.1 Å². The van der Waals surface area contributed by atoms with Crippen molar-refractivity contribution in [3.05, 3.63) is 42.2 Å². The molecular formula is C21H29N5O. The number of aromatic nitrogens is 1. The van der Waals surface area contributed by atoms with Crippen LogP contribution in [0.5, 0.6) is 0 Å². The van der Waals surface area contributed by atoms with E-state index in [9.17, 15) is 0 Å². The number of pyridine rings is 1. The lowest BCUT2D eigenvalue weighted by atomic mass is 10.1. The molecule has 4 rings (SSSR count). The van der Waals surface area contributed by atoms with Gasteiger partial charge in [-0.1, -0.05) is 24.3 Å². The zero-order valence-corrected chi connectivity index (χ0v) is 16.1. The number of nitrogens with one attached hydrogen (secondary N) is 1. The van der Waals surface area contributed by atoms with Crippen molar-refractivity contribution in [2.75, 3.05) is 53.0 Å². The van der Waals surface area contributed by atoms with E-state index < -0.39 is 0 Å². The fourth-order valence-electron chi connectivity index (χ4n) is 4.05. The van der Waals surface area contributed by atoms with Gasteiger partial charge in [-0.05, 0) is 23.8 Å². The van der Waals surface area contributed by atoms with E-state index in [1.807, 2.05) is 13.2 Å². The zero-order valence-electron chi connectivity index (χ0n) is 16.1. The number of hydrogen-bond acceptors (Lipinski definition) is 4. The number of nitrogens with zero attached hydrogens (tertiary/aromatic N) is 4. The summed E-state index contributed by atoms with van der Waals surface area (Å²) >= 11 is 0. The first kappa shape index (κ1) is 18.2. The molecule has 1 aromatic carbocycles. The average molecular weight is 367 g/mol. The second-order valence-electron chi connectivity index (χ2n) is 7.40. The van der Waals surface area contributed by atoms with Gasteiger partial charge in [0.2, 0.25) is 0 Å².